The molecular weight excluding hydrogens is 226 g/mol. The molecule has 1 heterocycles. The first kappa shape index (κ1) is 14.6. The monoisotopic (exact) mass is 251 g/mol. The number of hydrogen-bond donors (Lipinski definition) is 1. The van der Waals surface area contributed by atoms with Crippen LogP contribution in [0.15, 0.2) is 10.9 Å². The molecular formula is C14H25N3O. The maximum Gasteiger partial charge on any atom is 0.276 e. The number of nitrogen functional groups attached to an aromatic ring is 1. The lowest BCUT2D eigenvalue weighted by atomic mass is 10.2. The van der Waals surface area contributed by atoms with E-state index in [1.807, 2.05) is 13.0 Å². The first-order chi connectivity index (χ1) is 8.42. The molecule has 102 valence electrons. The van der Waals surface area contributed by atoms with E-state index in [0.29, 0.717) is 18.2 Å². The molecule has 0 bridgehead atoms. The molecule has 0 aromatic carbocycles. The molecule has 1 aromatic heterocycles. The highest BCUT2D eigenvalue weighted by Gasteiger charge is 2.14. The van der Waals surface area contributed by atoms with Gasteiger partial charge < -0.3 is 15.2 Å². The third-order valence-corrected chi connectivity index (χ3v) is 3.17. The van der Waals surface area contributed by atoms with Gasteiger partial charge in [-0.15, -0.1) is 0 Å². The van der Waals surface area contributed by atoms with E-state index in [1.54, 1.807) is 4.57 Å². The summed E-state index contributed by atoms with van der Waals surface area (Å²) in [6, 6.07) is 2.02. The fourth-order valence-electron chi connectivity index (χ4n) is 2.19. The van der Waals surface area contributed by atoms with E-state index < -0.39 is 0 Å². The Labute approximate surface area is 109 Å². The van der Waals surface area contributed by atoms with E-state index in [-0.39, 0.29) is 5.56 Å². The highest BCUT2D eigenvalue weighted by molar-refractivity contribution is 5.67. The number of nitrogens with zero attached hydrogens (tertiary/aromatic N) is 2. The van der Waals surface area contributed by atoms with Crippen molar-refractivity contribution >= 4 is 11.4 Å². The lowest BCUT2D eigenvalue weighted by Gasteiger charge is -2.24. The highest BCUT2D eigenvalue weighted by atomic mass is 16.1. The van der Waals surface area contributed by atoms with Gasteiger partial charge in [-0.2, -0.15) is 0 Å². The third-order valence-electron chi connectivity index (χ3n) is 3.17. The first-order valence-corrected chi connectivity index (χ1v) is 6.67. The summed E-state index contributed by atoms with van der Waals surface area (Å²) in [7, 11) is 0. The average molecular weight is 251 g/mol. The lowest BCUT2D eigenvalue weighted by molar-refractivity contribution is 0.503. The Morgan fingerprint density at radius 3 is 2.33 bits per heavy atom. The van der Waals surface area contributed by atoms with Crippen LogP contribution in [0.25, 0.3) is 0 Å². The maximum absolute atomic E-state index is 12.3. The second-order valence-corrected chi connectivity index (χ2v) is 5.07. The summed E-state index contributed by atoms with van der Waals surface area (Å²) in [6.07, 6.45) is 0. The molecule has 0 aliphatic heterocycles. The van der Waals surface area contributed by atoms with Gasteiger partial charge in [-0.3, -0.25) is 4.79 Å². The largest absolute Gasteiger partial charge is 0.393 e. The Balaban J connectivity index is 3.32. The molecule has 1 aromatic rings. The van der Waals surface area contributed by atoms with E-state index in [4.69, 9.17) is 5.73 Å². The van der Waals surface area contributed by atoms with Gasteiger partial charge in [0.1, 0.15) is 5.69 Å². The van der Waals surface area contributed by atoms with Gasteiger partial charge in [0.15, 0.2) is 0 Å². The molecule has 0 spiro atoms. The summed E-state index contributed by atoms with van der Waals surface area (Å²) in [5.74, 6) is 0.431. The van der Waals surface area contributed by atoms with Crippen molar-refractivity contribution in [3.05, 3.63) is 22.1 Å². The highest BCUT2D eigenvalue weighted by Crippen LogP contribution is 2.21. The van der Waals surface area contributed by atoms with Gasteiger partial charge in [0, 0.05) is 25.3 Å². The average Bonchev–Trinajstić information content (AvgIpc) is 2.32. The normalized spacial score (nSPS) is 11.0. The molecule has 4 heteroatoms. The zero-order valence-corrected chi connectivity index (χ0v) is 12.2. The third kappa shape index (κ3) is 2.86. The quantitative estimate of drug-likeness (QED) is 0.873. The van der Waals surface area contributed by atoms with Crippen molar-refractivity contribution in [2.75, 3.05) is 23.7 Å². The van der Waals surface area contributed by atoms with E-state index in [0.717, 1.165) is 24.5 Å². The van der Waals surface area contributed by atoms with E-state index in [2.05, 4.69) is 32.6 Å². The maximum atomic E-state index is 12.3. The minimum Gasteiger partial charge on any atom is -0.393 e. The molecule has 0 saturated heterocycles. The standard InChI is InChI=1S/C14H25N3O/c1-6-16(7-2)12-8-11(5)17(9-10(3)4)14(18)13(12)15/h8,10H,6-7,9,15H2,1-5H3. The fourth-order valence-corrected chi connectivity index (χ4v) is 2.19. The fraction of sp³-hybridized carbons (Fsp3) is 0.643. The van der Waals surface area contributed by atoms with Crippen molar-refractivity contribution in [1.82, 2.24) is 4.57 Å². The van der Waals surface area contributed by atoms with Crippen molar-refractivity contribution in [2.45, 2.75) is 41.2 Å². The SMILES string of the molecule is CCN(CC)c1cc(C)n(CC(C)C)c(=O)c1N. The van der Waals surface area contributed by atoms with Crippen LogP contribution in [-0.4, -0.2) is 17.7 Å². The molecule has 0 amide bonds. The predicted molar refractivity (Wildman–Crippen MR) is 78.3 cm³/mol. The van der Waals surface area contributed by atoms with Crippen LogP contribution in [0.1, 0.15) is 33.4 Å². The van der Waals surface area contributed by atoms with Gasteiger partial charge >= 0.3 is 0 Å². The summed E-state index contributed by atoms with van der Waals surface area (Å²) in [4.78, 5) is 14.4. The van der Waals surface area contributed by atoms with Crippen LogP contribution in [0.2, 0.25) is 0 Å². The molecule has 2 N–H and O–H groups in total. The van der Waals surface area contributed by atoms with Crippen LogP contribution < -0.4 is 16.2 Å². The molecule has 0 saturated carbocycles. The Morgan fingerprint density at radius 2 is 1.89 bits per heavy atom. The van der Waals surface area contributed by atoms with E-state index >= 15 is 0 Å². The van der Waals surface area contributed by atoms with Crippen LogP contribution in [0.3, 0.4) is 0 Å². The molecule has 0 unspecified atom stereocenters. The smallest absolute Gasteiger partial charge is 0.276 e. The molecule has 0 aliphatic carbocycles. The summed E-state index contributed by atoms with van der Waals surface area (Å²) in [5, 5.41) is 0. The van der Waals surface area contributed by atoms with Gasteiger partial charge in [-0.05, 0) is 32.8 Å². The van der Waals surface area contributed by atoms with Crippen LogP contribution in [0, 0.1) is 12.8 Å². The minimum atomic E-state index is -0.0643. The number of rotatable bonds is 5. The zero-order chi connectivity index (χ0) is 13.9. The number of aryl methyl sites for hydroxylation is 1. The Bertz CT molecular complexity index is 459. The molecule has 4 nitrogen and oxygen atoms in total. The molecule has 0 fully saturated rings. The minimum absolute atomic E-state index is 0.0643. The topological polar surface area (TPSA) is 51.3 Å². The predicted octanol–water partition coefficient (Wildman–Crippen LogP) is 2.24. The Morgan fingerprint density at radius 1 is 1.33 bits per heavy atom. The molecule has 0 atom stereocenters. The van der Waals surface area contributed by atoms with Gasteiger partial charge in [0.2, 0.25) is 0 Å². The lowest BCUT2D eigenvalue weighted by Crippen LogP contribution is -2.31. The van der Waals surface area contributed by atoms with Gasteiger partial charge in [0.05, 0.1) is 5.69 Å². The first-order valence-electron chi connectivity index (χ1n) is 6.67. The number of pyridine rings is 1. The number of aromatic nitrogens is 1. The van der Waals surface area contributed by atoms with Crippen molar-refractivity contribution in [3.63, 3.8) is 0 Å². The molecule has 1 rings (SSSR count). The van der Waals surface area contributed by atoms with Gasteiger partial charge in [-0.25, -0.2) is 0 Å². The van der Waals surface area contributed by atoms with Crippen molar-refractivity contribution < 1.29 is 0 Å². The second-order valence-electron chi connectivity index (χ2n) is 5.07. The molecule has 0 aliphatic rings. The summed E-state index contributed by atoms with van der Waals surface area (Å²) >= 11 is 0. The summed E-state index contributed by atoms with van der Waals surface area (Å²) < 4.78 is 1.77. The van der Waals surface area contributed by atoms with Crippen LogP contribution in [0.4, 0.5) is 11.4 Å². The van der Waals surface area contributed by atoms with Gasteiger partial charge in [0.25, 0.3) is 5.56 Å². The van der Waals surface area contributed by atoms with Crippen molar-refractivity contribution in [3.8, 4) is 0 Å². The van der Waals surface area contributed by atoms with Gasteiger partial charge in [-0.1, -0.05) is 13.8 Å². The van der Waals surface area contributed by atoms with E-state index in [1.165, 1.54) is 0 Å². The van der Waals surface area contributed by atoms with Crippen molar-refractivity contribution in [1.29, 1.82) is 0 Å². The Kier molecular flexibility index (Phi) is 4.82. The number of hydrogen-bond acceptors (Lipinski definition) is 3. The zero-order valence-electron chi connectivity index (χ0n) is 12.2. The van der Waals surface area contributed by atoms with Crippen molar-refractivity contribution in [2.24, 2.45) is 5.92 Å². The Hall–Kier alpha value is -1.45. The molecule has 18 heavy (non-hydrogen) atoms. The number of nitrogens with two attached hydrogens (primary N) is 1. The number of anilines is 2. The summed E-state index contributed by atoms with van der Waals surface area (Å²) in [6.45, 7) is 12.7. The van der Waals surface area contributed by atoms with Crippen LogP contribution in [0.5, 0.6) is 0 Å². The van der Waals surface area contributed by atoms with E-state index in [9.17, 15) is 4.79 Å². The van der Waals surface area contributed by atoms with Crippen LogP contribution >= 0.6 is 0 Å². The summed E-state index contributed by atoms with van der Waals surface area (Å²) in [5.41, 5.74) is 8.15. The molecule has 0 radical (unpaired) electrons. The van der Waals surface area contributed by atoms with Crippen LogP contribution in [-0.2, 0) is 6.54 Å². The second kappa shape index (κ2) is 5.94.